The van der Waals surface area contributed by atoms with Crippen molar-refractivity contribution >= 4 is 50.7 Å². The second-order valence-electron chi connectivity index (χ2n) is 5.06. The molecule has 0 fully saturated rings. The Kier molecular flexibility index (Phi) is 5.74. The Morgan fingerprint density at radius 2 is 1.68 bits per heavy atom. The number of benzene rings is 2. The number of carbonyl (C=O) groups excluding carboxylic acids is 2. The topological polar surface area (TPSA) is 58.2 Å². The van der Waals surface area contributed by atoms with Crippen LogP contribution in [0.4, 0.5) is 24.5 Å². The lowest BCUT2D eigenvalue weighted by molar-refractivity contribution is -0.137. The molecule has 0 unspecified atom stereocenters. The van der Waals surface area contributed by atoms with Crippen molar-refractivity contribution in [3.8, 4) is 0 Å². The molecule has 2 N–H and O–H groups in total. The minimum Gasteiger partial charge on any atom is -0.318 e. The Morgan fingerprint density at radius 3 is 2.28 bits per heavy atom. The fraction of sp³-hybridized carbons (Fsp3) is 0.125. The first kappa shape index (κ1) is 19.3. The molecule has 0 heterocycles. The van der Waals surface area contributed by atoms with Crippen molar-refractivity contribution in [2.45, 2.75) is 13.1 Å². The van der Waals surface area contributed by atoms with E-state index in [1.165, 1.54) is 6.07 Å². The molecular formula is C16H11BrClF3N2O2. The van der Waals surface area contributed by atoms with E-state index in [2.05, 4.69) is 26.6 Å². The molecule has 2 rings (SSSR count). The van der Waals surface area contributed by atoms with Gasteiger partial charge < -0.3 is 10.6 Å². The molecule has 0 radical (unpaired) electrons. The predicted octanol–water partition coefficient (Wildman–Crippen LogP) is 5.01. The standard InChI is InChI=1S/C16H11BrClF3N2O2/c1-8-6-9(17)2-5-13(8)23-15(25)14(24)22-10-3-4-12(18)11(7-10)16(19,20)21/h2-7H,1H3,(H,22,24)(H,23,25). The number of amides is 2. The van der Waals surface area contributed by atoms with Crippen LogP contribution >= 0.6 is 27.5 Å². The van der Waals surface area contributed by atoms with E-state index >= 15 is 0 Å². The zero-order valence-electron chi connectivity index (χ0n) is 12.7. The fourth-order valence-corrected chi connectivity index (χ4v) is 2.65. The molecule has 0 saturated heterocycles. The summed E-state index contributed by atoms with van der Waals surface area (Å²) in [4.78, 5) is 23.8. The molecule has 0 aliphatic heterocycles. The van der Waals surface area contributed by atoms with Gasteiger partial charge in [-0.25, -0.2) is 0 Å². The number of hydrogen-bond acceptors (Lipinski definition) is 2. The summed E-state index contributed by atoms with van der Waals surface area (Å²) in [5.41, 5.74) is -0.169. The van der Waals surface area contributed by atoms with Crippen LogP contribution < -0.4 is 10.6 Å². The molecule has 4 nitrogen and oxygen atoms in total. The first-order chi connectivity index (χ1) is 11.6. The number of nitrogens with one attached hydrogen (secondary N) is 2. The van der Waals surface area contributed by atoms with E-state index in [9.17, 15) is 22.8 Å². The van der Waals surface area contributed by atoms with E-state index in [0.29, 0.717) is 17.3 Å². The van der Waals surface area contributed by atoms with Gasteiger partial charge in [-0.3, -0.25) is 9.59 Å². The normalized spacial score (nSPS) is 11.1. The van der Waals surface area contributed by atoms with Crippen LogP contribution in [0.3, 0.4) is 0 Å². The Bertz CT molecular complexity index is 841. The summed E-state index contributed by atoms with van der Waals surface area (Å²) >= 11 is 8.77. The Labute approximate surface area is 154 Å². The predicted molar refractivity (Wildman–Crippen MR) is 92.6 cm³/mol. The van der Waals surface area contributed by atoms with Crippen molar-refractivity contribution < 1.29 is 22.8 Å². The van der Waals surface area contributed by atoms with Gasteiger partial charge in [-0.1, -0.05) is 27.5 Å². The summed E-state index contributed by atoms with van der Waals surface area (Å²) in [6, 6.07) is 7.84. The van der Waals surface area contributed by atoms with Gasteiger partial charge in [-0.05, 0) is 48.9 Å². The third-order valence-corrected chi connectivity index (χ3v) is 4.00. The van der Waals surface area contributed by atoms with Crippen LogP contribution in [0.5, 0.6) is 0 Å². The summed E-state index contributed by atoms with van der Waals surface area (Å²) in [5.74, 6) is -2.10. The van der Waals surface area contributed by atoms with Gasteiger partial charge in [0, 0.05) is 15.8 Å². The van der Waals surface area contributed by atoms with Crippen LogP contribution in [0.15, 0.2) is 40.9 Å². The molecule has 2 amide bonds. The smallest absolute Gasteiger partial charge is 0.318 e. The first-order valence-corrected chi connectivity index (χ1v) is 8.00. The highest BCUT2D eigenvalue weighted by Crippen LogP contribution is 2.36. The van der Waals surface area contributed by atoms with Gasteiger partial charge in [0.15, 0.2) is 0 Å². The monoisotopic (exact) mass is 434 g/mol. The van der Waals surface area contributed by atoms with Crippen molar-refractivity contribution in [2.24, 2.45) is 0 Å². The quantitative estimate of drug-likeness (QED) is 0.652. The van der Waals surface area contributed by atoms with Gasteiger partial charge in [-0.15, -0.1) is 0 Å². The Hall–Kier alpha value is -2.06. The number of carbonyl (C=O) groups is 2. The number of rotatable bonds is 2. The van der Waals surface area contributed by atoms with E-state index in [4.69, 9.17) is 11.6 Å². The third kappa shape index (κ3) is 4.96. The van der Waals surface area contributed by atoms with Crippen molar-refractivity contribution in [3.05, 3.63) is 57.0 Å². The highest BCUT2D eigenvalue weighted by atomic mass is 79.9. The minimum atomic E-state index is -4.67. The number of aryl methyl sites for hydroxylation is 1. The maximum atomic E-state index is 12.8. The maximum absolute atomic E-state index is 12.8. The highest BCUT2D eigenvalue weighted by molar-refractivity contribution is 9.10. The van der Waals surface area contributed by atoms with Crippen LogP contribution in [0.25, 0.3) is 0 Å². The fourth-order valence-electron chi connectivity index (χ4n) is 1.95. The lowest BCUT2D eigenvalue weighted by atomic mass is 10.2. The van der Waals surface area contributed by atoms with E-state index in [1.807, 2.05) is 0 Å². The average Bonchev–Trinajstić information content (AvgIpc) is 2.50. The molecule has 0 aromatic heterocycles. The third-order valence-electron chi connectivity index (χ3n) is 3.17. The number of anilines is 2. The molecule has 9 heteroatoms. The van der Waals surface area contributed by atoms with Gasteiger partial charge in [0.05, 0.1) is 10.6 Å². The van der Waals surface area contributed by atoms with Crippen LogP contribution in [-0.4, -0.2) is 11.8 Å². The lowest BCUT2D eigenvalue weighted by Gasteiger charge is -2.12. The molecule has 2 aromatic carbocycles. The lowest BCUT2D eigenvalue weighted by Crippen LogP contribution is -2.29. The first-order valence-electron chi connectivity index (χ1n) is 6.83. The highest BCUT2D eigenvalue weighted by Gasteiger charge is 2.33. The van der Waals surface area contributed by atoms with Gasteiger partial charge in [-0.2, -0.15) is 13.2 Å². The second-order valence-corrected chi connectivity index (χ2v) is 6.38. The molecule has 0 atom stereocenters. The van der Waals surface area contributed by atoms with Crippen molar-refractivity contribution in [2.75, 3.05) is 10.6 Å². The average molecular weight is 436 g/mol. The summed E-state index contributed by atoms with van der Waals surface area (Å²) in [6.07, 6.45) is -4.67. The minimum absolute atomic E-state index is 0.190. The molecule has 0 saturated carbocycles. The molecule has 132 valence electrons. The molecule has 25 heavy (non-hydrogen) atoms. The largest absolute Gasteiger partial charge is 0.417 e. The molecule has 0 spiro atoms. The molecule has 2 aromatic rings. The Balaban J connectivity index is 2.12. The summed E-state index contributed by atoms with van der Waals surface area (Å²) in [6.45, 7) is 1.73. The second kappa shape index (κ2) is 7.45. The molecule has 0 aliphatic carbocycles. The van der Waals surface area contributed by atoms with Crippen molar-refractivity contribution in [3.63, 3.8) is 0 Å². The van der Waals surface area contributed by atoms with Crippen LogP contribution in [-0.2, 0) is 15.8 Å². The van der Waals surface area contributed by atoms with Crippen molar-refractivity contribution in [1.82, 2.24) is 0 Å². The zero-order valence-corrected chi connectivity index (χ0v) is 15.0. The zero-order chi connectivity index (χ0) is 18.8. The Morgan fingerprint density at radius 1 is 1.04 bits per heavy atom. The van der Waals surface area contributed by atoms with E-state index in [-0.39, 0.29) is 5.69 Å². The SMILES string of the molecule is Cc1cc(Br)ccc1NC(=O)C(=O)Nc1ccc(Cl)c(C(F)(F)F)c1. The van der Waals surface area contributed by atoms with Gasteiger partial charge >= 0.3 is 18.0 Å². The number of hydrogen-bond donors (Lipinski definition) is 2. The van der Waals surface area contributed by atoms with E-state index in [1.54, 1.807) is 25.1 Å². The van der Waals surface area contributed by atoms with Gasteiger partial charge in [0.1, 0.15) is 0 Å². The molecule has 0 aliphatic rings. The van der Waals surface area contributed by atoms with Gasteiger partial charge in [0.25, 0.3) is 0 Å². The number of halogens is 5. The van der Waals surface area contributed by atoms with E-state index in [0.717, 1.165) is 10.5 Å². The van der Waals surface area contributed by atoms with E-state index < -0.39 is 28.6 Å². The molecular weight excluding hydrogens is 425 g/mol. The summed E-state index contributed by atoms with van der Waals surface area (Å²) in [7, 11) is 0. The van der Waals surface area contributed by atoms with Crippen LogP contribution in [0.2, 0.25) is 5.02 Å². The summed E-state index contributed by atoms with van der Waals surface area (Å²) in [5, 5.41) is 4.01. The molecule has 0 bridgehead atoms. The number of alkyl halides is 3. The van der Waals surface area contributed by atoms with Crippen LogP contribution in [0.1, 0.15) is 11.1 Å². The van der Waals surface area contributed by atoms with Crippen LogP contribution in [0, 0.1) is 6.92 Å². The summed E-state index contributed by atoms with van der Waals surface area (Å²) < 4.78 is 39.2. The maximum Gasteiger partial charge on any atom is 0.417 e. The van der Waals surface area contributed by atoms with Crippen molar-refractivity contribution in [1.29, 1.82) is 0 Å². The van der Waals surface area contributed by atoms with Gasteiger partial charge in [0.2, 0.25) is 0 Å².